The summed E-state index contributed by atoms with van der Waals surface area (Å²) in [6.07, 6.45) is 2.24. The van der Waals surface area contributed by atoms with Gasteiger partial charge in [-0.05, 0) is 32.4 Å². The standard InChI is InChI=1S/C11H20N2OS/c1-9-8-12-5-6-13(9)10(14)11(2)4-3-7-15-11/h9,12H,3-8H2,1-2H3/t9-,11?/m1/s1. The van der Waals surface area contributed by atoms with Crippen LogP contribution in [-0.2, 0) is 4.79 Å². The number of piperazine rings is 1. The lowest BCUT2D eigenvalue weighted by atomic mass is 10.0. The Hall–Kier alpha value is -0.220. The zero-order chi connectivity index (χ0) is 10.9. The number of carbonyl (C=O) groups is 1. The van der Waals surface area contributed by atoms with Gasteiger partial charge in [-0.15, -0.1) is 11.8 Å². The first kappa shape index (κ1) is 11.3. The average molecular weight is 228 g/mol. The second-order valence-electron chi connectivity index (χ2n) is 4.73. The van der Waals surface area contributed by atoms with E-state index in [0.29, 0.717) is 11.9 Å². The average Bonchev–Trinajstić information content (AvgIpc) is 2.66. The zero-order valence-electron chi connectivity index (χ0n) is 9.58. The van der Waals surface area contributed by atoms with Crippen molar-refractivity contribution in [1.29, 1.82) is 0 Å². The molecule has 0 aromatic heterocycles. The Kier molecular flexibility index (Phi) is 3.26. The van der Waals surface area contributed by atoms with Crippen LogP contribution in [0.15, 0.2) is 0 Å². The topological polar surface area (TPSA) is 32.3 Å². The molecule has 0 bridgehead atoms. The van der Waals surface area contributed by atoms with Crippen molar-refractivity contribution in [3.05, 3.63) is 0 Å². The monoisotopic (exact) mass is 228 g/mol. The van der Waals surface area contributed by atoms with Crippen LogP contribution in [0.3, 0.4) is 0 Å². The highest BCUT2D eigenvalue weighted by molar-refractivity contribution is 8.01. The van der Waals surface area contributed by atoms with Gasteiger partial charge in [0.25, 0.3) is 0 Å². The summed E-state index contributed by atoms with van der Waals surface area (Å²) in [5, 5.41) is 3.32. The summed E-state index contributed by atoms with van der Waals surface area (Å²) in [6.45, 7) is 6.99. The molecule has 2 fully saturated rings. The normalized spacial score (nSPS) is 36.9. The van der Waals surface area contributed by atoms with Crippen molar-refractivity contribution in [3.63, 3.8) is 0 Å². The molecule has 86 valence electrons. The molecule has 0 aliphatic carbocycles. The summed E-state index contributed by atoms with van der Waals surface area (Å²) in [4.78, 5) is 14.5. The van der Waals surface area contributed by atoms with Crippen molar-refractivity contribution >= 4 is 17.7 Å². The van der Waals surface area contributed by atoms with Gasteiger partial charge >= 0.3 is 0 Å². The maximum absolute atomic E-state index is 12.4. The Morgan fingerprint density at radius 2 is 2.40 bits per heavy atom. The van der Waals surface area contributed by atoms with Crippen molar-refractivity contribution in [2.75, 3.05) is 25.4 Å². The molecule has 0 aromatic rings. The largest absolute Gasteiger partial charge is 0.336 e. The van der Waals surface area contributed by atoms with Crippen LogP contribution >= 0.6 is 11.8 Å². The van der Waals surface area contributed by atoms with E-state index in [1.165, 1.54) is 6.42 Å². The fourth-order valence-electron chi connectivity index (χ4n) is 2.39. The number of rotatable bonds is 1. The Morgan fingerprint density at radius 3 is 3.00 bits per heavy atom. The Balaban J connectivity index is 2.05. The Labute approximate surface area is 96.0 Å². The molecule has 2 aliphatic rings. The molecule has 2 heterocycles. The van der Waals surface area contributed by atoms with E-state index in [1.54, 1.807) is 0 Å². The third kappa shape index (κ3) is 2.16. The number of thioether (sulfide) groups is 1. The van der Waals surface area contributed by atoms with Crippen molar-refractivity contribution < 1.29 is 4.79 Å². The van der Waals surface area contributed by atoms with E-state index in [2.05, 4.69) is 24.1 Å². The minimum Gasteiger partial charge on any atom is -0.336 e. The van der Waals surface area contributed by atoms with Crippen molar-refractivity contribution in [1.82, 2.24) is 10.2 Å². The fraction of sp³-hybridized carbons (Fsp3) is 0.909. The van der Waals surface area contributed by atoms with Gasteiger partial charge in [0.2, 0.25) is 5.91 Å². The zero-order valence-corrected chi connectivity index (χ0v) is 10.4. The molecule has 3 nitrogen and oxygen atoms in total. The van der Waals surface area contributed by atoms with Gasteiger partial charge in [0.05, 0.1) is 4.75 Å². The van der Waals surface area contributed by atoms with Crippen LogP contribution in [-0.4, -0.2) is 47.0 Å². The second kappa shape index (κ2) is 4.34. The summed E-state index contributed by atoms with van der Waals surface area (Å²) >= 11 is 1.84. The van der Waals surface area contributed by atoms with Crippen LogP contribution in [0.1, 0.15) is 26.7 Å². The van der Waals surface area contributed by atoms with Crippen LogP contribution < -0.4 is 5.32 Å². The molecule has 0 saturated carbocycles. The number of amides is 1. The van der Waals surface area contributed by atoms with E-state index >= 15 is 0 Å². The quantitative estimate of drug-likeness (QED) is 0.729. The summed E-state index contributed by atoms with van der Waals surface area (Å²) in [7, 11) is 0. The third-order valence-corrected chi connectivity index (χ3v) is 4.94. The van der Waals surface area contributed by atoms with Crippen LogP contribution in [0.4, 0.5) is 0 Å². The molecule has 0 aromatic carbocycles. The van der Waals surface area contributed by atoms with E-state index < -0.39 is 0 Å². The van der Waals surface area contributed by atoms with E-state index in [4.69, 9.17) is 0 Å². The van der Waals surface area contributed by atoms with E-state index in [1.807, 2.05) is 11.8 Å². The van der Waals surface area contributed by atoms with Gasteiger partial charge in [-0.1, -0.05) is 0 Å². The van der Waals surface area contributed by atoms with Gasteiger partial charge in [-0.25, -0.2) is 0 Å². The molecular formula is C11H20N2OS. The SMILES string of the molecule is C[C@@H]1CNCCN1C(=O)C1(C)CCCS1. The first-order chi connectivity index (χ1) is 7.13. The van der Waals surface area contributed by atoms with Gasteiger partial charge in [-0.2, -0.15) is 0 Å². The van der Waals surface area contributed by atoms with Crippen LogP contribution in [0.5, 0.6) is 0 Å². The first-order valence-electron chi connectivity index (χ1n) is 5.79. The molecule has 1 unspecified atom stereocenters. The minimum atomic E-state index is -0.133. The highest BCUT2D eigenvalue weighted by Gasteiger charge is 2.41. The summed E-state index contributed by atoms with van der Waals surface area (Å²) in [5.41, 5.74) is 0. The molecule has 2 atom stereocenters. The summed E-state index contributed by atoms with van der Waals surface area (Å²) in [6, 6.07) is 0.351. The van der Waals surface area contributed by atoms with Crippen molar-refractivity contribution in [2.24, 2.45) is 0 Å². The van der Waals surface area contributed by atoms with Gasteiger partial charge < -0.3 is 10.2 Å². The molecular weight excluding hydrogens is 208 g/mol. The number of nitrogens with one attached hydrogen (secondary N) is 1. The summed E-state index contributed by atoms with van der Waals surface area (Å²) < 4.78 is -0.133. The lowest BCUT2D eigenvalue weighted by Crippen LogP contribution is -2.56. The predicted octanol–water partition coefficient (Wildman–Crippen LogP) is 1.09. The predicted molar refractivity (Wildman–Crippen MR) is 64.1 cm³/mol. The highest BCUT2D eigenvalue weighted by atomic mass is 32.2. The number of nitrogens with zero attached hydrogens (tertiary/aromatic N) is 1. The van der Waals surface area contributed by atoms with Crippen molar-refractivity contribution in [3.8, 4) is 0 Å². The molecule has 1 N–H and O–H groups in total. The van der Waals surface area contributed by atoms with Gasteiger partial charge in [0.15, 0.2) is 0 Å². The lowest BCUT2D eigenvalue weighted by molar-refractivity contribution is -0.136. The number of carbonyl (C=O) groups excluding carboxylic acids is 1. The van der Waals surface area contributed by atoms with Gasteiger partial charge in [-0.3, -0.25) is 4.79 Å². The van der Waals surface area contributed by atoms with Crippen LogP contribution in [0, 0.1) is 0 Å². The fourth-order valence-corrected chi connectivity index (χ4v) is 3.66. The first-order valence-corrected chi connectivity index (χ1v) is 6.78. The van der Waals surface area contributed by atoms with E-state index in [0.717, 1.165) is 31.8 Å². The Bertz CT molecular complexity index is 251. The van der Waals surface area contributed by atoms with E-state index in [-0.39, 0.29) is 4.75 Å². The maximum Gasteiger partial charge on any atom is 0.238 e. The Morgan fingerprint density at radius 1 is 1.60 bits per heavy atom. The smallest absolute Gasteiger partial charge is 0.238 e. The molecule has 2 aliphatic heterocycles. The molecule has 1 amide bonds. The molecule has 15 heavy (non-hydrogen) atoms. The molecule has 2 rings (SSSR count). The molecule has 4 heteroatoms. The molecule has 0 spiro atoms. The maximum atomic E-state index is 12.4. The van der Waals surface area contributed by atoms with Gasteiger partial charge in [0.1, 0.15) is 0 Å². The number of hydrogen-bond acceptors (Lipinski definition) is 3. The molecule has 2 saturated heterocycles. The van der Waals surface area contributed by atoms with Crippen LogP contribution in [0.2, 0.25) is 0 Å². The lowest BCUT2D eigenvalue weighted by Gasteiger charge is -2.38. The number of hydrogen-bond donors (Lipinski definition) is 1. The third-order valence-electron chi connectivity index (χ3n) is 3.43. The molecule has 0 radical (unpaired) electrons. The second-order valence-corrected chi connectivity index (χ2v) is 6.33. The highest BCUT2D eigenvalue weighted by Crippen LogP contribution is 2.39. The van der Waals surface area contributed by atoms with E-state index in [9.17, 15) is 4.79 Å². The van der Waals surface area contributed by atoms with Crippen LogP contribution in [0.25, 0.3) is 0 Å². The minimum absolute atomic E-state index is 0.133. The summed E-state index contributed by atoms with van der Waals surface area (Å²) in [5.74, 6) is 1.50. The van der Waals surface area contributed by atoms with Gasteiger partial charge in [0, 0.05) is 25.7 Å². The van der Waals surface area contributed by atoms with Crippen molar-refractivity contribution in [2.45, 2.75) is 37.5 Å².